The van der Waals surface area contributed by atoms with E-state index < -0.39 is 17.1 Å². The third kappa shape index (κ3) is 1.74. The van der Waals surface area contributed by atoms with Gasteiger partial charge in [-0.1, -0.05) is 6.07 Å². The van der Waals surface area contributed by atoms with Gasteiger partial charge in [-0.2, -0.15) is 0 Å². The Bertz CT molecular complexity index is 779. The van der Waals surface area contributed by atoms with Crippen LogP contribution < -0.4 is 28.7 Å². The fourth-order valence-electron chi connectivity index (χ4n) is 6.33. The highest BCUT2D eigenvalue weighted by Crippen LogP contribution is 2.66. The summed E-state index contributed by atoms with van der Waals surface area (Å²) in [6.07, 6.45) is 2.46. The summed E-state index contributed by atoms with van der Waals surface area (Å²) in [7, 11) is 6.33. The van der Waals surface area contributed by atoms with Gasteiger partial charge in [-0.3, -0.25) is 4.79 Å². The van der Waals surface area contributed by atoms with Crippen LogP contribution in [0.4, 0.5) is 0 Å². The molecule has 25 heavy (non-hydrogen) atoms. The van der Waals surface area contributed by atoms with Crippen LogP contribution in [0, 0.1) is 0 Å². The number of ketones is 1. The molecule has 3 unspecified atom stereocenters. The Morgan fingerprint density at radius 3 is 2.80 bits per heavy atom. The highest BCUT2D eigenvalue weighted by Gasteiger charge is 2.76. The van der Waals surface area contributed by atoms with E-state index in [4.69, 9.17) is 9.47 Å². The first kappa shape index (κ1) is 17.5. The van der Waals surface area contributed by atoms with Crippen LogP contribution in [0.15, 0.2) is 12.1 Å². The van der Waals surface area contributed by atoms with Crippen molar-refractivity contribution in [1.82, 2.24) is 0 Å². The Morgan fingerprint density at radius 1 is 1.32 bits per heavy atom. The maximum Gasteiger partial charge on any atom is 0.174 e. The number of carbonyl (C=O) groups excluding carboxylic acids is 1. The summed E-state index contributed by atoms with van der Waals surface area (Å²) in [6.45, 7) is 0.984. The first-order valence-corrected chi connectivity index (χ1v) is 8.80. The SMILES string of the molecule is COC12CCC(=O)C3Oc4c(O)ccc5c4[C@@]31CC[N+](C)(C)C2C5.[I-]. The van der Waals surface area contributed by atoms with E-state index in [2.05, 4.69) is 14.1 Å². The zero-order valence-electron chi connectivity index (χ0n) is 14.8. The Balaban J connectivity index is 0.00000157. The number of rotatable bonds is 1. The molecule has 0 radical (unpaired) electrons. The smallest absolute Gasteiger partial charge is 0.174 e. The van der Waals surface area contributed by atoms with E-state index in [0.717, 1.165) is 35.9 Å². The number of ether oxygens (including phenoxy) is 2. The molecule has 2 fully saturated rings. The number of hydrogen-bond donors (Lipinski definition) is 1. The fourth-order valence-corrected chi connectivity index (χ4v) is 6.33. The molecule has 2 aliphatic carbocycles. The number of nitrogens with zero attached hydrogens (tertiary/aromatic N) is 1. The molecule has 5 nitrogen and oxygen atoms in total. The number of Topliss-reactive ketones (excluding diaryl/α,β-unsaturated/α-hetero) is 1. The fraction of sp³-hybridized carbons (Fsp3) is 0.632. The predicted octanol–water partition coefficient (Wildman–Crippen LogP) is -1.45. The van der Waals surface area contributed by atoms with E-state index in [1.807, 2.05) is 6.07 Å². The number of likely N-dealkylation sites (tertiary alicyclic amines) is 1. The average Bonchev–Trinajstić information content (AvgIpc) is 2.92. The summed E-state index contributed by atoms with van der Waals surface area (Å²) in [4.78, 5) is 12.8. The van der Waals surface area contributed by atoms with Gasteiger partial charge in [-0.25, -0.2) is 0 Å². The van der Waals surface area contributed by atoms with Crippen LogP contribution in [0.1, 0.15) is 30.4 Å². The summed E-state index contributed by atoms with van der Waals surface area (Å²) in [5.41, 5.74) is 1.42. The van der Waals surface area contributed by atoms with Gasteiger partial charge >= 0.3 is 0 Å². The number of benzene rings is 1. The largest absolute Gasteiger partial charge is 1.00 e. The molecular weight excluding hydrogens is 433 g/mol. The lowest BCUT2D eigenvalue weighted by Crippen LogP contribution is -3.00. The molecule has 1 saturated carbocycles. The van der Waals surface area contributed by atoms with Crippen molar-refractivity contribution in [2.45, 2.75) is 48.8 Å². The maximum absolute atomic E-state index is 12.8. The molecule has 6 heteroatoms. The van der Waals surface area contributed by atoms with Crippen LogP contribution in [0.3, 0.4) is 0 Å². The number of phenols is 1. The minimum atomic E-state index is -0.517. The van der Waals surface area contributed by atoms with E-state index in [-0.39, 0.29) is 35.5 Å². The molecule has 2 aliphatic heterocycles. The van der Waals surface area contributed by atoms with E-state index in [9.17, 15) is 9.90 Å². The van der Waals surface area contributed by atoms with Crippen molar-refractivity contribution in [3.63, 3.8) is 0 Å². The number of phenolic OH excluding ortho intramolecular Hbond substituents is 1. The normalized spacial score (nSPS) is 39.2. The van der Waals surface area contributed by atoms with Gasteiger partial charge in [0, 0.05) is 31.9 Å². The Morgan fingerprint density at radius 2 is 2.08 bits per heavy atom. The molecule has 5 rings (SSSR count). The van der Waals surface area contributed by atoms with Crippen molar-refractivity contribution in [3.05, 3.63) is 23.3 Å². The Labute approximate surface area is 164 Å². The predicted molar refractivity (Wildman–Crippen MR) is 87.3 cm³/mol. The van der Waals surface area contributed by atoms with E-state index in [1.54, 1.807) is 13.2 Å². The second kappa shape index (κ2) is 5.10. The standard InChI is InChI=1S/C19H23NO4.HI/c1-20(2)9-8-18-15-11-4-5-12(21)16(15)24-17(18)13(22)6-7-19(18,23-3)14(20)10-11;/h4-5,14,17H,6-10H2,1-3H3;1H/t14?,17?,18-,19?;/m0./s1. The number of methoxy groups -OCH3 is 1. The van der Waals surface area contributed by atoms with Crippen LogP contribution in [-0.4, -0.2) is 60.9 Å². The highest BCUT2D eigenvalue weighted by molar-refractivity contribution is 5.90. The topological polar surface area (TPSA) is 55.8 Å². The van der Waals surface area contributed by atoms with Gasteiger partial charge in [0.1, 0.15) is 11.6 Å². The summed E-state index contributed by atoms with van der Waals surface area (Å²) in [6, 6.07) is 4.01. The minimum Gasteiger partial charge on any atom is -1.00 e. The molecule has 1 saturated heterocycles. The molecule has 1 aromatic carbocycles. The van der Waals surface area contributed by atoms with Crippen molar-refractivity contribution in [2.75, 3.05) is 27.7 Å². The molecule has 4 aliphatic rings. The second-order valence-corrected chi connectivity index (χ2v) is 8.45. The second-order valence-electron chi connectivity index (χ2n) is 8.45. The van der Waals surface area contributed by atoms with E-state index in [0.29, 0.717) is 18.2 Å². The van der Waals surface area contributed by atoms with Crippen LogP contribution in [-0.2, 0) is 21.4 Å². The first-order chi connectivity index (χ1) is 11.4. The zero-order chi connectivity index (χ0) is 16.9. The van der Waals surface area contributed by atoms with Crippen LogP contribution in [0.2, 0.25) is 0 Å². The number of likely N-dealkylation sites (N-methyl/N-ethyl adjacent to an activating group) is 1. The van der Waals surface area contributed by atoms with Gasteiger partial charge in [0.2, 0.25) is 0 Å². The lowest BCUT2D eigenvalue weighted by molar-refractivity contribution is -0.931. The van der Waals surface area contributed by atoms with Crippen molar-refractivity contribution >= 4 is 5.78 Å². The van der Waals surface area contributed by atoms with E-state index >= 15 is 0 Å². The molecule has 2 heterocycles. The van der Waals surface area contributed by atoms with Gasteiger partial charge in [-0.05, 0) is 18.1 Å². The van der Waals surface area contributed by atoms with Gasteiger partial charge in [-0.15, -0.1) is 0 Å². The van der Waals surface area contributed by atoms with Gasteiger partial charge in [0.05, 0.1) is 26.1 Å². The molecule has 1 aromatic rings. The van der Waals surface area contributed by atoms with Crippen molar-refractivity contribution in [1.29, 1.82) is 0 Å². The number of piperidine rings is 1. The van der Waals surface area contributed by atoms with Crippen LogP contribution in [0.25, 0.3) is 0 Å². The lowest BCUT2D eigenvalue weighted by atomic mass is 9.48. The third-order valence-electron chi connectivity index (χ3n) is 7.38. The van der Waals surface area contributed by atoms with E-state index in [1.165, 1.54) is 5.56 Å². The summed E-state index contributed by atoms with van der Waals surface area (Å²) in [5, 5.41) is 10.4. The van der Waals surface area contributed by atoms with Crippen LogP contribution >= 0.6 is 0 Å². The number of quaternary nitrogens is 1. The molecule has 4 atom stereocenters. The monoisotopic (exact) mass is 457 g/mol. The average molecular weight is 457 g/mol. The molecule has 0 aromatic heterocycles. The van der Waals surface area contributed by atoms with Gasteiger partial charge in [0.15, 0.2) is 23.4 Å². The summed E-state index contributed by atoms with van der Waals surface area (Å²) >= 11 is 0. The molecule has 0 amide bonds. The number of carbonyl (C=O) groups is 1. The number of halogens is 1. The Kier molecular flexibility index (Phi) is 3.58. The van der Waals surface area contributed by atoms with Crippen LogP contribution in [0.5, 0.6) is 11.5 Å². The minimum absolute atomic E-state index is 0. The molecule has 136 valence electrons. The highest BCUT2D eigenvalue weighted by atomic mass is 127. The summed E-state index contributed by atoms with van der Waals surface area (Å²) in [5.74, 6) is 0.824. The third-order valence-corrected chi connectivity index (χ3v) is 7.38. The van der Waals surface area contributed by atoms with Crippen molar-refractivity contribution < 1.29 is 47.8 Å². The molecule has 1 N–H and O–H groups in total. The molecule has 1 spiro atoms. The van der Waals surface area contributed by atoms with Crippen molar-refractivity contribution in [3.8, 4) is 11.5 Å². The number of aromatic hydroxyl groups is 1. The van der Waals surface area contributed by atoms with Gasteiger partial charge in [0.25, 0.3) is 0 Å². The number of hydrogen-bond acceptors (Lipinski definition) is 4. The lowest BCUT2D eigenvalue weighted by Gasteiger charge is -2.64. The molecule has 2 bridgehead atoms. The quantitative estimate of drug-likeness (QED) is 0.415. The van der Waals surface area contributed by atoms with Crippen molar-refractivity contribution in [2.24, 2.45) is 0 Å². The molecular formula is C19H24INO4. The maximum atomic E-state index is 12.8. The van der Waals surface area contributed by atoms with Gasteiger partial charge < -0.3 is 43.0 Å². The first-order valence-electron chi connectivity index (χ1n) is 8.80. The Hall–Kier alpha value is -0.860. The summed E-state index contributed by atoms with van der Waals surface area (Å²) < 4.78 is 13.3. The zero-order valence-corrected chi connectivity index (χ0v) is 17.0.